The normalized spacial score (nSPS) is 17.8. The lowest BCUT2D eigenvalue weighted by molar-refractivity contribution is 0.0983. The first-order valence-corrected chi connectivity index (χ1v) is 7.18. The summed E-state index contributed by atoms with van der Waals surface area (Å²) >= 11 is -1.62. The molecular weight excluding hydrogens is 224 g/mol. The van der Waals surface area contributed by atoms with Crippen molar-refractivity contribution in [1.82, 2.24) is 0 Å². The molecule has 0 aromatic heterocycles. The summed E-state index contributed by atoms with van der Waals surface area (Å²) in [6.07, 6.45) is 1.72. The molecule has 0 bridgehead atoms. The van der Waals surface area contributed by atoms with Gasteiger partial charge in [0.1, 0.15) is 0 Å². The Morgan fingerprint density at radius 1 is 0.875 bits per heavy atom. The highest BCUT2D eigenvalue weighted by Gasteiger charge is 2.20. The molecule has 0 aromatic carbocycles. The maximum atomic E-state index is 11.7. The highest BCUT2D eigenvalue weighted by Crippen LogP contribution is 2.16. The predicted molar refractivity (Wildman–Crippen MR) is 68.1 cm³/mol. The molecule has 0 aliphatic carbocycles. The van der Waals surface area contributed by atoms with Crippen molar-refractivity contribution in [2.24, 2.45) is 11.8 Å². The summed E-state index contributed by atoms with van der Waals surface area (Å²) in [5.41, 5.74) is 0. The second-order valence-corrected chi connectivity index (χ2v) is 5.57. The molecule has 0 radical (unpaired) electrons. The van der Waals surface area contributed by atoms with Crippen LogP contribution in [0.4, 0.5) is 0 Å². The van der Waals surface area contributed by atoms with Gasteiger partial charge in [-0.2, -0.15) is 4.21 Å². The molecule has 0 heterocycles. The molecule has 0 rings (SSSR count). The van der Waals surface area contributed by atoms with Gasteiger partial charge in [0, 0.05) is 0 Å². The molecular formula is C12H26O3S. The van der Waals surface area contributed by atoms with Gasteiger partial charge in [-0.25, -0.2) is 0 Å². The number of hydrogen-bond acceptors (Lipinski definition) is 3. The largest absolute Gasteiger partial charge is 0.305 e. The van der Waals surface area contributed by atoms with E-state index in [1.165, 1.54) is 0 Å². The standard InChI is InChI=1S/C12H26O3S/c1-7-11(9(3)4)14-16(13)15-12(8-2)10(5)6/h9-12H,7-8H2,1-6H3. The molecule has 0 amide bonds. The molecule has 2 unspecified atom stereocenters. The van der Waals surface area contributed by atoms with E-state index in [2.05, 4.69) is 27.7 Å². The van der Waals surface area contributed by atoms with Crippen LogP contribution in [0.25, 0.3) is 0 Å². The molecule has 3 nitrogen and oxygen atoms in total. The van der Waals surface area contributed by atoms with Crippen molar-refractivity contribution in [2.75, 3.05) is 0 Å². The van der Waals surface area contributed by atoms with Gasteiger partial charge in [-0.05, 0) is 24.7 Å². The Balaban J connectivity index is 4.15. The highest BCUT2D eigenvalue weighted by molar-refractivity contribution is 7.75. The Morgan fingerprint density at radius 3 is 1.38 bits per heavy atom. The van der Waals surface area contributed by atoms with Crippen molar-refractivity contribution >= 4 is 11.4 Å². The van der Waals surface area contributed by atoms with E-state index in [4.69, 9.17) is 8.37 Å². The summed E-state index contributed by atoms with van der Waals surface area (Å²) in [4.78, 5) is 0. The summed E-state index contributed by atoms with van der Waals surface area (Å²) in [7, 11) is 0. The fraction of sp³-hybridized carbons (Fsp3) is 1.00. The molecule has 2 atom stereocenters. The van der Waals surface area contributed by atoms with E-state index in [1.807, 2.05) is 13.8 Å². The Bertz CT molecular complexity index is 184. The molecule has 0 fully saturated rings. The van der Waals surface area contributed by atoms with E-state index < -0.39 is 11.4 Å². The third kappa shape index (κ3) is 5.97. The highest BCUT2D eigenvalue weighted by atomic mass is 32.2. The van der Waals surface area contributed by atoms with Gasteiger partial charge in [0.25, 0.3) is 0 Å². The van der Waals surface area contributed by atoms with Gasteiger partial charge in [0.05, 0.1) is 12.2 Å². The average molecular weight is 250 g/mol. The van der Waals surface area contributed by atoms with E-state index in [0.29, 0.717) is 11.8 Å². The van der Waals surface area contributed by atoms with Gasteiger partial charge in [-0.15, -0.1) is 0 Å². The first-order chi connectivity index (χ1) is 7.42. The van der Waals surface area contributed by atoms with Crippen LogP contribution in [-0.2, 0) is 19.7 Å². The van der Waals surface area contributed by atoms with Crippen molar-refractivity contribution < 1.29 is 12.6 Å². The Labute approximate surface area is 103 Å². The quantitative estimate of drug-likeness (QED) is 0.661. The van der Waals surface area contributed by atoms with Crippen LogP contribution in [0.5, 0.6) is 0 Å². The van der Waals surface area contributed by atoms with Crippen molar-refractivity contribution in [3.05, 3.63) is 0 Å². The number of hydrogen-bond donors (Lipinski definition) is 0. The van der Waals surface area contributed by atoms with Crippen molar-refractivity contribution in [1.29, 1.82) is 0 Å². The third-order valence-electron chi connectivity index (χ3n) is 2.70. The Hall–Kier alpha value is 0.0700. The molecule has 0 aliphatic heterocycles. The van der Waals surface area contributed by atoms with Crippen LogP contribution in [0.1, 0.15) is 54.4 Å². The van der Waals surface area contributed by atoms with Crippen molar-refractivity contribution in [3.63, 3.8) is 0 Å². The molecule has 98 valence electrons. The van der Waals surface area contributed by atoms with Gasteiger partial charge in [-0.3, -0.25) is 8.37 Å². The second-order valence-electron chi connectivity index (χ2n) is 4.78. The molecule has 0 saturated heterocycles. The Kier molecular flexibility index (Phi) is 8.24. The van der Waals surface area contributed by atoms with Gasteiger partial charge in [0.15, 0.2) is 0 Å². The van der Waals surface area contributed by atoms with E-state index >= 15 is 0 Å². The van der Waals surface area contributed by atoms with Crippen LogP contribution in [-0.4, -0.2) is 16.4 Å². The molecule has 0 spiro atoms. The van der Waals surface area contributed by atoms with Crippen LogP contribution in [0.15, 0.2) is 0 Å². The lowest BCUT2D eigenvalue weighted by atomic mass is 10.1. The van der Waals surface area contributed by atoms with E-state index in [-0.39, 0.29) is 12.2 Å². The second kappa shape index (κ2) is 8.20. The average Bonchev–Trinajstić information content (AvgIpc) is 2.21. The maximum Gasteiger partial charge on any atom is 0.305 e. The predicted octanol–water partition coefficient (Wildman–Crippen LogP) is 3.47. The fourth-order valence-electron chi connectivity index (χ4n) is 1.53. The molecule has 0 aliphatic rings. The maximum absolute atomic E-state index is 11.7. The van der Waals surface area contributed by atoms with E-state index in [0.717, 1.165) is 12.8 Å². The zero-order valence-corrected chi connectivity index (χ0v) is 12.2. The summed E-state index contributed by atoms with van der Waals surface area (Å²) in [6, 6.07) is 0. The van der Waals surface area contributed by atoms with E-state index in [1.54, 1.807) is 0 Å². The molecule has 16 heavy (non-hydrogen) atoms. The zero-order valence-electron chi connectivity index (χ0n) is 11.4. The van der Waals surface area contributed by atoms with Crippen molar-refractivity contribution in [3.8, 4) is 0 Å². The van der Waals surface area contributed by atoms with Crippen LogP contribution >= 0.6 is 0 Å². The Morgan fingerprint density at radius 2 is 1.19 bits per heavy atom. The van der Waals surface area contributed by atoms with Crippen LogP contribution < -0.4 is 0 Å². The smallest absolute Gasteiger partial charge is 0.265 e. The van der Waals surface area contributed by atoms with Gasteiger partial charge < -0.3 is 0 Å². The SMILES string of the molecule is CCC(OS(=O)OC(CC)C(C)C)C(C)C. The summed E-state index contributed by atoms with van der Waals surface area (Å²) < 4.78 is 22.4. The minimum atomic E-state index is -1.62. The molecule has 0 N–H and O–H groups in total. The minimum Gasteiger partial charge on any atom is -0.265 e. The monoisotopic (exact) mass is 250 g/mol. The van der Waals surface area contributed by atoms with Crippen LogP contribution in [0.2, 0.25) is 0 Å². The first kappa shape index (κ1) is 16.1. The number of rotatable bonds is 8. The lowest BCUT2D eigenvalue weighted by Crippen LogP contribution is -2.25. The summed E-state index contributed by atoms with van der Waals surface area (Å²) in [6.45, 7) is 12.3. The lowest BCUT2D eigenvalue weighted by Gasteiger charge is -2.22. The minimum absolute atomic E-state index is 0.00509. The fourth-order valence-corrected chi connectivity index (χ4v) is 2.69. The van der Waals surface area contributed by atoms with Crippen LogP contribution in [0.3, 0.4) is 0 Å². The van der Waals surface area contributed by atoms with Gasteiger partial charge >= 0.3 is 11.4 Å². The molecule has 0 saturated carbocycles. The molecule has 4 heteroatoms. The summed E-state index contributed by atoms with van der Waals surface area (Å²) in [5, 5.41) is 0. The zero-order chi connectivity index (χ0) is 12.7. The third-order valence-corrected chi connectivity index (χ3v) is 3.50. The van der Waals surface area contributed by atoms with Crippen LogP contribution in [0, 0.1) is 11.8 Å². The van der Waals surface area contributed by atoms with E-state index in [9.17, 15) is 4.21 Å². The topological polar surface area (TPSA) is 35.5 Å². The van der Waals surface area contributed by atoms with Crippen molar-refractivity contribution in [2.45, 2.75) is 66.6 Å². The summed E-state index contributed by atoms with van der Waals surface area (Å²) in [5.74, 6) is 0.716. The first-order valence-electron chi connectivity index (χ1n) is 6.18. The van der Waals surface area contributed by atoms with Gasteiger partial charge in [-0.1, -0.05) is 41.5 Å². The molecule has 0 aromatic rings. The van der Waals surface area contributed by atoms with Gasteiger partial charge in [0.2, 0.25) is 0 Å².